The third-order valence-electron chi connectivity index (χ3n) is 0.511. The van der Waals surface area contributed by atoms with Crippen molar-refractivity contribution < 1.29 is 0 Å². The van der Waals surface area contributed by atoms with Crippen molar-refractivity contribution in [1.82, 2.24) is 0 Å². The lowest BCUT2D eigenvalue weighted by atomic mass is 10.8. The summed E-state index contributed by atoms with van der Waals surface area (Å²) >= 11 is 1.84. The van der Waals surface area contributed by atoms with E-state index in [4.69, 9.17) is 0 Å². The minimum absolute atomic E-state index is 1.13. The Bertz CT molecular complexity index is 52.7. The predicted octanol–water partition coefficient (Wildman–Crippen LogP) is 2.87. The molecule has 0 radical (unpaired) electrons. The summed E-state index contributed by atoms with van der Waals surface area (Å²) in [4.78, 5) is 0. The average Bonchev–Trinajstić information content (AvgIpc) is 1.81. The molecule has 48 valence electrons. The van der Waals surface area contributed by atoms with Crippen LogP contribution in [0.1, 0.15) is 0 Å². The van der Waals surface area contributed by atoms with Crippen molar-refractivity contribution in [3.05, 3.63) is 11.5 Å². The van der Waals surface area contributed by atoms with Gasteiger partial charge in [-0.2, -0.15) is 11.8 Å². The molecule has 0 aromatic carbocycles. The van der Waals surface area contributed by atoms with Crippen LogP contribution in [-0.2, 0) is 0 Å². The molecule has 0 amide bonds. The molecular formula is C5H10S3. The monoisotopic (exact) mass is 166 g/mol. The van der Waals surface area contributed by atoms with Crippen molar-refractivity contribution in [2.24, 2.45) is 0 Å². The second kappa shape index (κ2) is 7.79. The van der Waals surface area contributed by atoms with E-state index >= 15 is 0 Å². The predicted molar refractivity (Wildman–Crippen MR) is 48.6 cm³/mol. The molecule has 0 rings (SSSR count). The molecule has 0 unspecified atom stereocenters. The van der Waals surface area contributed by atoms with Gasteiger partial charge >= 0.3 is 0 Å². The number of hydrogen-bond donors (Lipinski definition) is 0. The number of rotatable bonds is 4. The third-order valence-corrected chi connectivity index (χ3v) is 2.44. The van der Waals surface area contributed by atoms with Crippen molar-refractivity contribution in [2.45, 2.75) is 0 Å². The van der Waals surface area contributed by atoms with Crippen LogP contribution in [0.4, 0.5) is 0 Å². The number of thioether (sulfide) groups is 1. The van der Waals surface area contributed by atoms with Gasteiger partial charge in [-0.15, -0.1) is 0 Å². The lowest BCUT2D eigenvalue weighted by Crippen LogP contribution is -1.61. The Labute approximate surface area is 63.3 Å². The molecule has 0 saturated heterocycles. The smallest absolute Gasteiger partial charge is 0.0118 e. The van der Waals surface area contributed by atoms with E-state index in [1.165, 1.54) is 0 Å². The maximum Gasteiger partial charge on any atom is 0.0118 e. The molecule has 0 spiro atoms. The second-order valence-electron chi connectivity index (χ2n) is 1.09. The Morgan fingerprint density at radius 2 is 2.12 bits per heavy atom. The summed E-state index contributed by atoms with van der Waals surface area (Å²) in [7, 11) is 3.54. The Morgan fingerprint density at radius 1 is 1.38 bits per heavy atom. The SMILES string of the molecule is CSC/C=C/SSC. The Hall–Kier alpha value is 0.790. The van der Waals surface area contributed by atoms with Crippen LogP contribution in [0.5, 0.6) is 0 Å². The Morgan fingerprint density at radius 3 is 2.62 bits per heavy atom. The van der Waals surface area contributed by atoms with E-state index in [2.05, 4.69) is 24.0 Å². The molecule has 0 saturated carbocycles. The minimum Gasteiger partial charge on any atom is -0.161 e. The van der Waals surface area contributed by atoms with Crippen LogP contribution in [0.3, 0.4) is 0 Å². The minimum atomic E-state index is 1.13. The molecule has 0 heterocycles. The molecule has 0 aliphatic heterocycles. The Balaban J connectivity index is 2.83. The first-order valence-electron chi connectivity index (χ1n) is 2.25. The molecule has 0 aliphatic rings. The molecule has 3 heteroatoms. The highest BCUT2D eigenvalue weighted by atomic mass is 33.1. The highest BCUT2D eigenvalue weighted by Gasteiger charge is 1.72. The molecule has 0 aromatic rings. The van der Waals surface area contributed by atoms with E-state index in [0.717, 1.165) is 5.75 Å². The first kappa shape index (κ1) is 8.79. The summed E-state index contributed by atoms with van der Waals surface area (Å²) in [6.45, 7) is 0. The average molecular weight is 166 g/mol. The maximum absolute atomic E-state index is 2.17. The fourth-order valence-corrected chi connectivity index (χ4v) is 1.50. The molecular weight excluding hydrogens is 156 g/mol. The summed E-state index contributed by atoms with van der Waals surface area (Å²) in [6.07, 6.45) is 6.36. The largest absolute Gasteiger partial charge is 0.161 e. The first-order valence-corrected chi connectivity index (χ1v) is 6.26. The van der Waals surface area contributed by atoms with E-state index in [-0.39, 0.29) is 0 Å². The quantitative estimate of drug-likeness (QED) is 0.589. The molecule has 0 aliphatic carbocycles. The van der Waals surface area contributed by atoms with Gasteiger partial charge in [0.25, 0.3) is 0 Å². The van der Waals surface area contributed by atoms with Crippen molar-refractivity contribution in [3.8, 4) is 0 Å². The van der Waals surface area contributed by atoms with Crippen LogP contribution in [0.25, 0.3) is 0 Å². The van der Waals surface area contributed by atoms with Crippen LogP contribution in [0, 0.1) is 0 Å². The summed E-state index contributed by atoms with van der Waals surface area (Å²) in [6, 6.07) is 0. The van der Waals surface area contributed by atoms with Gasteiger partial charge in [0.1, 0.15) is 0 Å². The van der Waals surface area contributed by atoms with Gasteiger partial charge in [-0.1, -0.05) is 27.7 Å². The van der Waals surface area contributed by atoms with E-state index in [0.29, 0.717) is 0 Å². The zero-order chi connectivity index (χ0) is 6.24. The molecule has 0 atom stereocenters. The van der Waals surface area contributed by atoms with Crippen LogP contribution >= 0.6 is 33.3 Å². The second-order valence-corrected chi connectivity index (χ2v) is 4.38. The normalized spacial score (nSPS) is 10.8. The van der Waals surface area contributed by atoms with Crippen LogP contribution < -0.4 is 0 Å². The molecule has 0 nitrogen and oxygen atoms in total. The topological polar surface area (TPSA) is 0 Å². The molecule has 0 fully saturated rings. The summed E-state index contributed by atoms with van der Waals surface area (Å²) in [5.41, 5.74) is 0. The molecule has 0 bridgehead atoms. The highest BCUT2D eigenvalue weighted by molar-refractivity contribution is 8.77. The number of hydrogen-bond acceptors (Lipinski definition) is 3. The van der Waals surface area contributed by atoms with Gasteiger partial charge in [-0.05, 0) is 17.9 Å². The van der Waals surface area contributed by atoms with Gasteiger partial charge in [-0.3, -0.25) is 0 Å². The van der Waals surface area contributed by atoms with Crippen molar-refractivity contribution in [1.29, 1.82) is 0 Å². The lowest BCUT2D eigenvalue weighted by Gasteiger charge is -1.83. The molecule has 0 aromatic heterocycles. The van der Waals surface area contributed by atoms with Gasteiger partial charge in [-0.25, -0.2) is 0 Å². The fourth-order valence-electron chi connectivity index (χ4n) is 0.230. The van der Waals surface area contributed by atoms with Gasteiger partial charge < -0.3 is 0 Å². The van der Waals surface area contributed by atoms with E-state index in [9.17, 15) is 0 Å². The maximum atomic E-state index is 2.17. The van der Waals surface area contributed by atoms with Crippen molar-refractivity contribution in [3.63, 3.8) is 0 Å². The first-order chi connectivity index (χ1) is 3.91. The van der Waals surface area contributed by atoms with Crippen molar-refractivity contribution in [2.75, 3.05) is 18.3 Å². The molecule has 8 heavy (non-hydrogen) atoms. The third kappa shape index (κ3) is 6.79. The van der Waals surface area contributed by atoms with E-state index in [1.54, 1.807) is 21.6 Å². The van der Waals surface area contributed by atoms with Gasteiger partial charge in [0.05, 0.1) is 0 Å². The fraction of sp³-hybridized carbons (Fsp3) is 0.600. The zero-order valence-electron chi connectivity index (χ0n) is 5.09. The van der Waals surface area contributed by atoms with Gasteiger partial charge in [0.15, 0.2) is 0 Å². The van der Waals surface area contributed by atoms with E-state index < -0.39 is 0 Å². The molecule has 0 N–H and O–H groups in total. The Kier molecular flexibility index (Phi) is 8.56. The standard InChI is InChI=1S/C5H10S3/c1-6-4-3-5-8-7-2/h3,5H,4H2,1-2H3/b5-3+. The van der Waals surface area contributed by atoms with Crippen LogP contribution in [0.2, 0.25) is 0 Å². The summed E-state index contributed by atoms with van der Waals surface area (Å²) < 4.78 is 0. The lowest BCUT2D eigenvalue weighted by molar-refractivity contribution is 1.81. The van der Waals surface area contributed by atoms with Crippen molar-refractivity contribution >= 4 is 33.3 Å². The van der Waals surface area contributed by atoms with Crippen LogP contribution in [-0.4, -0.2) is 18.3 Å². The summed E-state index contributed by atoms with van der Waals surface area (Å²) in [5, 5.41) is 2.13. The highest BCUT2D eigenvalue weighted by Crippen LogP contribution is 2.17. The van der Waals surface area contributed by atoms with Gasteiger partial charge in [0, 0.05) is 5.75 Å². The van der Waals surface area contributed by atoms with E-state index in [1.807, 2.05) is 11.8 Å². The summed E-state index contributed by atoms with van der Waals surface area (Å²) in [5.74, 6) is 1.13. The van der Waals surface area contributed by atoms with Crippen LogP contribution in [0.15, 0.2) is 11.5 Å². The van der Waals surface area contributed by atoms with Gasteiger partial charge in [0.2, 0.25) is 0 Å². The zero-order valence-corrected chi connectivity index (χ0v) is 7.54.